The summed E-state index contributed by atoms with van der Waals surface area (Å²) in [7, 11) is -3.47. The minimum absolute atomic E-state index is 0. The maximum atomic E-state index is 12.1. The normalized spacial score (nSPS) is 11.3. The van der Waals surface area contributed by atoms with Crippen molar-refractivity contribution in [3.63, 3.8) is 0 Å². The van der Waals surface area contributed by atoms with Gasteiger partial charge in [0.05, 0.1) is 21.1 Å². The summed E-state index contributed by atoms with van der Waals surface area (Å²) in [6.45, 7) is 1.24. The minimum Gasteiger partial charge on any atom is -0.744 e. The Morgan fingerprint density at radius 3 is 2.19 bits per heavy atom. The summed E-state index contributed by atoms with van der Waals surface area (Å²) in [6, 6.07) is 4.40. The second-order valence-electron chi connectivity index (χ2n) is 4.92. The Hall–Kier alpha value is -1.48. The first-order chi connectivity index (χ1) is 11.5. The van der Waals surface area contributed by atoms with E-state index in [1.165, 1.54) is 19.1 Å². The van der Waals surface area contributed by atoms with Gasteiger partial charge in [-0.3, -0.25) is 19.5 Å². The molecule has 1 N–H and O–H groups in total. The van der Waals surface area contributed by atoms with Crippen LogP contribution in [0.1, 0.15) is 5.56 Å². The molecule has 0 saturated carbocycles. The van der Waals surface area contributed by atoms with Gasteiger partial charge in [0.15, 0.2) is 5.69 Å². The van der Waals surface area contributed by atoms with Crippen molar-refractivity contribution in [1.82, 2.24) is 4.57 Å². The molecule has 132 valence electrons. The zero-order valence-corrected chi connectivity index (χ0v) is 17.8. The summed E-state index contributed by atoms with van der Waals surface area (Å²) in [5.74, 6) is -0.809. The van der Waals surface area contributed by atoms with Crippen LogP contribution in [-0.2, 0) is 17.2 Å². The van der Waals surface area contributed by atoms with Gasteiger partial charge >= 0.3 is 57.1 Å². The molecule has 0 radical (unpaired) electrons. The number of nitro groups is 1. The molecule has 0 atom stereocenters. The van der Waals surface area contributed by atoms with Crippen molar-refractivity contribution in [2.24, 2.45) is 17.3 Å². The van der Waals surface area contributed by atoms with E-state index in [1.54, 1.807) is 0 Å². The average Bonchev–Trinajstić information content (AvgIpc) is 2.52. The van der Waals surface area contributed by atoms with Gasteiger partial charge < -0.3 is 9.66 Å². The van der Waals surface area contributed by atoms with Crippen LogP contribution in [0.15, 0.2) is 44.2 Å². The molecule has 2 aromatic rings. The Bertz CT molecular complexity index is 1050. The number of azo groups is 1. The third kappa shape index (κ3) is 4.62. The molecule has 1 heterocycles. The van der Waals surface area contributed by atoms with Gasteiger partial charge in [-0.25, -0.2) is 8.42 Å². The summed E-state index contributed by atoms with van der Waals surface area (Å²) >= 11 is 0. The van der Waals surface area contributed by atoms with Crippen molar-refractivity contribution in [3.8, 4) is 5.88 Å². The van der Waals surface area contributed by atoms with Crippen LogP contribution in [0.25, 0.3) is 0 Å². The van der Waals surface area contributed by atoms with Crippen LogP contribution in [0.4, 0.5) is 17.1 Å². The van der Waals surface area contributed by atoms with E-state index >= 15 is 0 Å². The summed E-state index contributed by atoms with van der Waals surface area (Å²) < 4.78 is 33.2. The van der Waals surface area contributed by atoms with Crippen LogP contribution in [0, 0.1) is 17.0 Å². The number of pyridine rings is 1. The number of nitrogens with zero attached hydrogens (tertiary/aromatic N) is 4. The minimum atomic E-state index is -4.60. The van der Waals surface area contributed by atoms with Gasteiger partial charge in [-0.05, 0) is 31.2 Å². The molecule has 0 fully saturated rings. The van der Waals surface area contributed by atoms with Crippen molar-refractivity contribution in [3.05, 3.63) is 50.3 Å². The van der Waals surface area contributed by atoms with Gasteiger partial charge in [-0.2, -0.15) is 5.11 Å². The molecule has 1 aromatic heterocycles. The number of aromatic nitrogens is 1. The smallest absolute Gasteiger partial charge is 0.744 e. The van der Waals surface area contributed by atoms with Crippen molar-refractivity contribution in [2.75, 3.05) is 0 Å². The van der Waals surface area contributed by atoms with E-state index in [9.17, 15) is 33.0 Å². The zero-order valence-electron chi connectivity index (χ0n) is 13.9. The fourth-order valence-corrected chi connectivity index (χ4v) is 2.45. The Kier molecular flexibility index (Phi) is 7.35. The second kappa shape index (κ2) is 8.47. The largest absolute Gasteiger partial charge is 1.00 e. The van der Waals surface area contributed by atoms with Crippen molar-refractivity contribution in [1.29, 1.82) is 0 Å². The molecule has 11 nitrogen and oxygen atoms in total. The van der Waals surface area contributed by atoms with E-state index in [1.807, 2.05) is 0 Å². The number of rotatable bonds is 4. The molecule has 0 spiro atoms. The van der Waals surface area contributed by atoms with Gasteiger partial charge in [0.1, 0.15) is 10.1 Å². The first-order valence-corrected chi connectivity index (χ1v) is 7.99. The predicted octanol–water partition coefficient (Wildman–Crippen LogP) is -1.37. The van der Waals surface area contributed by atoms with Crippen molar-refractivity contribution in [2.45, 2.75) is 11.8 Å². The molecule has 2 rings (SSSR count). The number of hydrogen-bond acceptors (Lipinski definition) is 9. The van der Waals surface area contributed by atoms with Gasteiger partial charge in [0, 0.05) is 7.05 Å². The Balaban J connectivity index is 0.00000338. The maximum absolute atomic E-state index is 12.1. The predicted molar refractivity (Wildman–Crippen MR) is 83.3 cm³/mol. The fraction of sp³-hybridized carbons (Fsp3) is 0.154. The first kappa shape index (κ1) is 22.6. The van der Waals surface area contributed by atoms with E-state index < -0.39 is 37.1 Å². The summed E-state index contributed by atoms with van der Waals surface area (Å²) in [6.07, 6.45) is 0. The third-order valence-electron chi connectivity index (χ3n) is 3.32. The van der Waals surface area contributed by atoms with E-state index in [4.69, 9.17) is 0 Å². The zero-order chi connectivity index (χ0) is 18.9. The molecule has 0 amide bonds. The van der Waals surface area contributed by atoms with Crippen LogP contribution in [0.5, 0.6) is 5.88 Å². The standard InChI is InChI=1S/C13H12N4O7S.K/c1-7-10(12(18)16(2)13(19)11(7)17(20)21)15-14-8-3-5-9(6-4-8)25(22,23)24;/h3-6,19H,1-2H3,(H,22,23,24);/q;+1/p-1. The SMILES string of the molecule is Cc1c([N+](=O)[O-])c(O)n(C)c(=O)c1N=Nc1ccc(S(=O)(=O)[O-])cc1.[K+]. The quantitative estimate of drug-likeness (QED) is 0.215. The van der Waals surface area contributed by atoms with Gasteiger partial charge in [-0.15, -0.1) is 5.11 Å². The number of aromatic hydroxyl groups is 1. The molecule has 0 aliphatic carbocycles. The van der Waals surface area contributed by atoms with E-state index in [2.05, 4.69) is 10.2 Å². The monoisotopic (exact) mass is 406 g/mol. The van der Waals surface area contributed by atoms with Crippen LogP contribution < -0.4 is 56.9 Å². The van der Waals surface area contributed by atoms with Crippen LogP contribution in [-0.4, -0.2) is 27.6 Å². The first-order valence-electron chi connectivity index (χ1n) is 6.58. The van der Waals surface area contributed by atoms with E-state index in [0.717, 1.165) is 19.2 Å². The van der Waals surface area contributed by atoms with Gasteiger partial charge in [0.25, 0.3) is 11.4 Å². The molecule has 0 aliphatic rings. The fourth-order valence-electron chi connectivity index (χ4n) is 1.98. The summed E-state index contributed by atoms with van der Waals surface area (Å²) in [4.78, 5) is 21.8. The molecule has 0 bridgehead atoms. The van der Waals surface area contributed by atoms with E-state index in [-0.39, 0.29) is 68.3 Å². The Labute approximate surface area is 189 Å². The van der Waals surface area contributed by atoms with Crippen LogP contribution in [0.2, 0.25) is 0 Å². The van der Waals surface area contributed by atoms with Crippen molar-refractivity contribution >= 4 is 27.2 Å². The molecule has 26 heavy (non-hydrogen) atoms. The number of hydrogen-bond donors (Lipinski definition) is 1. The molecular formula is C13H11KN4O7S. The maximum Gasteiger partial charge on any atom is 1.00 e. The summed E-state index contributed by atoms with van der Waals surface area (Å²) in [5, 5.41) is 28.1. The third-order valence-corrected chi connectivity index (χ3v) is 4.17. The molecule has 0 aliphatic heterocycles. The van der Waals surface area contributed by atoms with Gasteiger partial charge in [0.2, 0.25) is 0 Å². The molecular weight excluding hydrogens is 395 g/mol. The molecule has 1 aromatic carbocycles. The van der Waals surface area contributed by atoms with Gasteiger partial charge in [-0.1, -0.05) is 0 Å². The number of benzene rings is 1. The van der Waals surface area contributed by atoms with E-state index in [0.29, 0.717) is 4.57 Å². The molecule has 0 unspecified atom stereocenters. The second-order valence-corrected chi connectivity index (χ2v) is 6.29. The van der Waals surface area contributed by atoms with Crippen molar-refractivity contribution < 1.29 is 74.4 Å². The topological polar surface area (TPSA) is 167 Å². The summed E-state index contributed by atoms with van der Waals surface area (Å²) in [5.41, 5.74) is -1.89. The molecule has 0 saturated heterocycles. The Morgan fingerprint density at radius 2 is 1.73 bits per heavy atom. The van der Waals surface area contributed by atoms with Crippen LogP contribution >= 0.6 is 0 Å². The van der Waals surface area contributed by atoms with Crippen LogP contribution in [0.3, 0.4) is 0 Å². The Morgan fingerprint density at radius 1 is 1.19 bits per heavy atom. The molecule has 13 heteroatoms. The average molecular weight is 406 g/mol.